The lowest BCUT2D eigenvalue weighted by atomic mass is 10.2. The van der Waals surface area contributed by atoms with Crippen molar-refractivity contribution in [2.45, 2.75) is 19.9 Å². The first-order valence-corrected chi connectivity index (χ1v) is 6.29. The molecule has 0 unspecified atom stereocenters. The van der Waals surface area contributed by atoms with Crippen LogP contribution in [0.1, 0.15) is 17.0 Å². The molecule has 0 aliphatic carbocycles. The van der Waals surface area contributed by atoms with Crippen LogP contribution in [-0.2, 0) is 13.0 Å². The van der Waals surface area contributed by atoms with Gasteiger partial charge >= 0.3 is 0 Å². The molecule has 4 heteroatoms. The molecule has 0 radical (unpaired) electrons. The van der Waals surface area contributed by atoms with Gasteiger partial charge in [-0.2, -0.15) is 0 Å². The average molecular weight is 233 g/mol. The smallest absolute Gasteiger partial charge is 0.0794 e. The summed E-state index contributed by atoms with van der Waals surface area (Å²) in [7, 11) is 0. The Bertz CT molecular complexity index is 426. The molecule has 0 aliphatic heterocycles. The molecule has 0 atom stereocenters. The van der Waals surface area contributed by atoms with E-state index in [-0.39, 0.29) is 0 Å². The van der Waals surface area contributed by atoms with Gasteiger partial charge in [-0.3, -0.25) is 4.98 Å². The standard InChI is InChI=1S/C12H15N3S/c1-10-11(3-2-5-14-10)7-13-6-4-12-8-16-9-15-12/h2-3,5,8-9,13H,4,6-7H2,1H3. The summed E-state index contributed by atoms with van der Waals surface area (Å²) in [6.45, 7) is 3.87. The highest BCUT2D eigenvalue weighted by Gasteiger charge is 1.98. The summed E-state index contributed by atoms with van der Waals surface area (Å²) in [5, 5.41) is 5.50. The molecule has 16 heavy (non-hydrogen) atoms. The van der Waals surface area contributed by atoms with Crippen LogP contribution in [0.15, 0.2) is 29.2 Å². The van der Waals surface area contributed by atoms with Crippen molar-refractivity contribution in [3.05, 3.63) is 46.2 Å². The summed E-state index contributed by atoms with van der Waals surface area (Å²) in [5.41, 5.74) is 5.41. The van der Waals surface area contributed by atoms with E-state index < -0.39 is 0 Å². The Hall–Kier alpha value is -1.26. The van der Waals surface area contributed by atoms with Crippen LogP contribution in [0.2, 0.25) is 0 Å². The van der Waals surface area contributed by atoms with Crippen molar-refractivity contribution in [3.8, 4) is 0 Å². The summed E-state index contributed by atoms with van der Waals surface area (Å²) in [6, 6.07) is 4.09. The second-order valence-electron chi connectivity index (χ2n) is 3.65. The van der Waals surface area contributed by atoms with Gasteiger partial charge < -0.3 is 5.32 Å². The molecule has 0 amide bonds. The van der Waals surface area contributed by atoms with Gasteiger partial charge in [0.2, 0.25) is 0 Å². The van der Waals surface area contributed by atoms with Crippen molar-refractivity contribution >= 4 is 11.3 Å². The summed E-state index contributed by atoms with van der Waals surface area (Å²) in [5.74, 6) is 0. The lowest BCUT2D eigenvalue weighted by molar-refractivity contribution is 0.677. The number of rotatable bonds is 5. The number of aryl methyl sites for hydroxylation is 1. The maximum absolute atomic E-state index is 4.26. The van der Waals surface area contributed by atoms with Gasteiger partial charge in [0.1, 0.15) is 0 Å². The van der Waals surface area contributed by atoms with Crippen molar-refractivity contribution in [2.24, 2.45) is 0 Å². The van der Waals surface area contributed by atoms with E-state index in [0.29, 0.717) is 0 Å². The lowest BCUT2D eigenvalue weighted by Crippen LogP contribution is -2.17. The topological polar surface area (TPSA) is 37.8 Å². The number of hydrogen-bond donors (Lipinski definition) is 1. The molecule has 0 bridgehead atoms. The minimum Gasteiger partial charge on any atom is -0.312 e. The van der Waals surface area contributed by atoms with E-state index in [9.17, 15) is 0 Å². The zero-order valence-electron chi connectivity index (χ0n) is 9.31. The second-order valence-corrected chi connectivity index (χ2v) is 4.37. The molecular weight excluding hydrogens is 218 g/mol. The second kappa shape index (κ2) is 5.72. The highest BCUT2D eigenvalue weighted by molar-refractivity contribution is 7.07. The van der Waals surface area contributed by atoms with Crippen molar-refractivity contribution in [2.75, 3.05) is 6.54 Å². The summed E-state index contributed by atoms with van der Waals surface area (Å²) >= 11 is 1.65. The Morgan fingerprint density at radius 2 is 2.31 bits per heavy atom. The fraction of sp³-hybridized carbons (Fsp3) is 0.333. The van der Waals surface area contributed by atoms with Crippen LogP contribution < -0.4 is 5.32 Å². The first-order chi connectivity index (χ1) is 7.86. The molecule has 2 aromatic rings. The first-order valence-electron chi connectivity index (χ1n) is 5.34. The highest BCUT2D eigenvalue weighted by atomic mass is 32.1. The van der Waals surface area contributed by atoms with Crippen LogP contribution in [0.25, 0.3) is 0 Å². The van der Waals surface area contributed by atoms with Crippen molar-refractivity contribution < 1.29 is 0 Å². The fourth-order valence-corrected chi connectivity index (χ4v) is 2.10. The molecule has 3 nitrogen and oxygen atoms in total. The van der Waals surface area contributed by atoms with Gasteiger partial charge in [0.15, 0.2) is 0 Å². The summed E-state index contributed by atoms with van der Waals surface area (Å²) < 4.78 is 0. The predicted molar refractivity (Wildman–Crippen MR) is 66.5 cm³/mol. The molecular formula is C12H15N3S. The first kappa shape index (κ1) is 11.2. The molecule has 0 saturated heterocycles. The van der Waals surface area contributed by atoms with E-state index in [0.717, 1.165) is 25.2 Å². The van der Waals surface area contributed by atoms with Gasteiger partial charge in [0.25, 0.3) is 0 Å². The SMILES string of the molecule is Cc1ncccc1CNCCc1cscn1. The van der Waals surface area contributed by atoms with Crippen LogP contribution >= 0.6 is 11.3 Å². The fourth-order valence-electron chi connectivity index (χ4n) is 1.50. The van der Waals surface area contributed by atoms with Gasteiger partial charge in [-0.1, -0.05) is 6.07 Å². The minimum absolute atomic E-state index is 0.879. The Morgan fingerprint density at radius 1 is 1.38 bits per heavy atom. The number of hydrogen-bond acceptors (Lipinski definition) is 4. The van der Waals surface area contributed by atoms with E-state index in [1.54, 1.807) is 11.3 Å². The minimum atomic E-state index is 0.879. The van der Waals surface area contributed by atoms with Crippen LogP contribution in [0, 0.1) is 6.92 Å². The normalized spacial score (nSPS) is 10.6. The maximum Gasteiger partial charge on any atom is 0.0794 e. The van der Waals surface area contributed by atoms with Gasteiger partial charge in [0, 0.05) is 36.8 Å². The third-order valence-corrected chi connectivity index (χ3v) is 3.11. The van der Waals surface area contributed by atoms with E-state index in [4.69, 9.17) is 0 Å². The van der Waals surface area contributed by atoms with Crippen LogP contribution in [0.5, 0.6) is 0 Å². The third-order valence-electron chi connectivity index (χ3n) is 2.47. The maximum atomic E-state index is 4.26. The van der Waals surface area contributed by atoms with E-state index >= 15 is 0 Å². The van der Waals surface area contributed by atoms with E-state index in [2.05, 4.69) is 26.7 Å². The Balaban J connectivity index is 1.74. The molecule has 0 saturated carbocycles. The van der Waals surface area contributed by atoms with Crippen LogP contribution in [-0.4, -0.2) is 16.5 Å². The van der Waals surface area contributed by atoms with Gasteiger partial charge in [-0.15, -0.1) is 11.3 Å². The summed E-state index contributed by atoms with van der Waals surface area (Å²) in [4.78, 5) is 8.50. The quantitative estimate of drug-likeness (QED) is 0.804. The molecule has 2 aromatic heterocycles. The Morgan fingerprint density at radius 3 is 3.06 bits per heavy atom. The lowest BCUT2D eigenvalue weighted by Gasteiger charge is -2.05. The highest BCUT2D eigenvalue weighted by Crippen LogP contribution is 2.03. The van der Waals surface area contributed by atoms with Crippen molar-refractivity contribution in [1.29, 1.82) is 0 Å². The number of nitrogens with zero attached hydrogens (tertiary/aromatic N) is 2. The predicted octanol–water partition coefficient (Wildman–Crippen LogP) is 2.18. The van der Waals surface area contributed by atoms with E-state index in [1.807, 2.05) is 24.7 Å². The third kappa shape index (κ3) is 3.12. The molecule has 0 spiro atoms. The van der Waals surface area contributed by atoms with Gasteiger partial charge in [-0.25, -0.2) is 4.98 Å². The number of aromatic nitrogens is 2. The molecule has 0 fully saturated rings. The van der Waals surface area contributed by atoms with Crippen LogP contribution in [0.3, 0.4) is 0 Å². The largest absolute Gasteiger partial charge is 0.312 e. The van der Waals surface area contributed by atoms with Crippen molar-refractivity contribution in [3.63, 3.8) is 0 Å². The molecule has 0 aromatic carbocycles. The molecule has 2 rings (SSSR count). The van der Waals surface area contributed by atoms with Crippen molar-refractivity contribution in [1.82, 2.24) is 15.3 Å². The molecule has 1 N–H and O–H groups in total. The van der Waals surface area contributed by atoms with Crippen LogP contribution in [0.4, 0.5) is 0 Å². The van der Waals surface area contributed by atoms with Gasteiger partial charge in [-0.05, 0) is 18.6 Å². The van der Waals surface area contributed by atoms with E-state index in [1.165, 1.54) is 11.3 Å². The number of pyridine rings is 1. The monoisotopic (exact) mass is 233 g/mol. The zero-order valence-corrected chi connectivity index (χ0v) is 10.1. The summed E-state index contributed by atoms with van der Waals surface area (Å²) in [6.07, 6.45) is 2.82. The average Bonchev–Trinajstić information content (AvgIpc) is 2.79. The zero-order chi connectivity index (χ0) is 11.2. The number of nitrogens with one attached hydrogen (secondary N) is 1. The Kier molecular flexibility index (Phi) is 4.02. The Labute approximate surface area is 99.6 Å². The molecule has 84 valence electrons. The van der Waals surface area contributed by atoms with Gasteiger partial charge in [0.05, 0.1) is 11.2 Å². The molecule has 2 heterocycles. The number of thiazole rings is 1. The molecule has 0 aliphatic rings.